The number of hydrogen-bond donors (Lipinski definition) is 1. The molecule has 1 aliphatic heterocycles. The second-order valence-electron chi connectivity index (χ2n) is 8.17. The average Bonchev–Trinajstić information content (AvgIpc) is 3.12. The van der Waals surface area contributed by atoms with E-state index < -0.39 is 0 Å². The molecular formula is C23H38MnNO6-. The molecule has 179 valence electrons. The fraction of sp³-hybridized carbons (Fsp3) is 0.826. The van der Waals surface area contributed by atoms with E-state index in [1.807, 2.05) is 6.29 Å². The average molecular weight is 479 g/mol. The van der Waals surface area contributed by atoms with E-state index in [0.29, 0.717) is 19.3 Å². The van der Waals surface area contributed by atoms with Crippen LogP contribution in [0, 0.1) is 11.8 Å². The molecule has 2 atom stereocenters. The van der Waals surface area contributed by atoms with Gasteiger partial charge in [-0.1, -0.05) is 64.2 Å². The summed E-state index contributed by atoms with van der Waals surface area (Å²) in [6.45, 7) is 0. The van der Waals surface area contributed by atoms with Gasteiger partial charge in [-0.2, -0.15) is 6.42 Å². The van der Waals surface area contributed by atoms with Crippen molar-refractivity contribution >= 4 is 24.1 Å². The van der Waals surface area contributed by atoms with Crippen LogP contribution in [0.2, 0.25) is 0 Å². The van der Waals surface area contributed by atoms with Gasteiger partial charge in [0.1, 0.15) is 0 Å². The molecule has 0 aromatic rings. The second kappa shape index (κ2) is 20.5. The first-order valence-electron chi connectivity index (χ1n) is 11.5. The number of unbranched alkanes of at least 4 members (excludes halogenated alkanes) is 10. The van der Waals surface area contributed by atoms with Crippen molar-refractivity contribution in [2.45, 2.75) is 103 Å². The number of ether oxygens (including phenoxy) is 1. The molecule has 1 N–H and O–H groups in total. The number of imide groups is 1. The molecule has 7 nitrogen and oxygen atoms in total. The van der Waals surface area contributed by atoms with Gasteiger partial charge in [-0.05, 0) is 25.2 Å². The van der Waals surface area contributed by atoms with Crippen LogP contribution in [0.4, 0.5) is 0 Å². The Balaban J connectivity index is 0.00000436. The first kappa shape index (κ1) is 29.6. The summed E-state index contributed by atoms with van der Waals surface area (Å²) < 4.78 is 12.7. The summed E-state index contributed by atoms with van der Waals surface area (Å²) in [5, 5.41) is 2.46. The third-order valence-corrected chi connectivity index (χ3v) is 5.86. The van der Waals surface area contributed by atoms with Crippen LogP contribution in [0.25, 0.3) is 0 Å². The van der Waals surface area contributed by atoms with Crippen LogP contribution in [0.3, 0.4) is 0 Å². The summed E-state index contributed by atoms with van der Waals surface area (Å²) in [4.78, 5) is 45.0. The van der Waals surface area contributed by atoms with E-state index in [1.54, 1.807) is 15.9 Å². The van der Waals surface area contributed by atoms with Gasteiger partial charge >= 0.3 is 25.7 Å². The zero-order valence-electron chi connectivity index (χ0n) is 18.8. The van der Waals surface area contributed by atoms with E-state index in [1.165, 1.54) is 7.11 Å². The Morgan fingerprint density at radius 2 is 1.48 bits per heavy atom. The quantitative estimate of drug-likeness (QED) is 0.103. The Hall–Kier alpha value is -1.40. The van der Waals surface area contributed by atoms with Crippen molar-refractivity contribution < 1.29 is 43.7 Å². The first-order valence-corrected chi connectivity index (χ1v) is 12.0. The van der Waals surface area contributed by atoms with Crippen molar-refractivity contribution in [1.29, 1.82) is 0 Å². The summed E-state index contributed by atoms with van der Waals surface area (Å²) >= 11 is 1.69. The molecule has 2 amide bonds. The molecule has 0 bridgehead atoms. The van der Waals surface area contributed by atoms with Gasteiger partial charge in [0.2, 0.25) is 11.8 Å². The van der Waals surface area contributed by atoms with Crippen molar-refractivity contribution in [2.75, 3.05) is 7.11 Å². The Bertz CT molecular complexity index is 528. The van der Waals surface area contributed by atoms with Gasteiger partial charge < -0.3 is 9.53 Å². The Morgan fingerprint density at radius 1 is 0.968 bits per heavy atom. The summed E-state index contributed by atoms with van der Waals surface area (Å²) in [5.41, 5.74) is 0. The molecule has 0 spiro atoms. The van der Waals surface area contributed by atoms with Gasteiger partial charge in [0, 0.05) is 18.8 Å². The number of rotatable bonds is 18. The van der Waals surface area contributed by atoms with Gasteiger partial charge in [0.25, 0.3) is 0 Å². The Morgan fingerprint density at radius 3 is 1.97 bits per heavy atom. The number of methoxy groups -OCH3 is 1. The van der Waals surface area contributed by atoms with Crippen LogP contribution in [0.15, 0.2) is 0 Å². The molecule has 31 heavy (non-hydrogen) atoms. The van der Waals surface area contributed by atoms with Crippen molar-refractivity contribution in [2.24, 2.45) is 11.8 Å². The molecule has 1 rings (SSSR count). The zero-order chi connectivity index (χ0) is 23.3. The van der Waals surface area contributed by atoms with E-state index in [4.69, 9.17) is 3.83 Å². The van der Waals surface area contributed by atoms with Gasteiger partial charge in [0.15, 0.2) is 0 Å². The predicted molar refractivity (Wildman–Crippen MR) is 112 cm³/mol. The normalized spacial score (nSPS) is 16.2. The minimum absolute atomic E-state index is 0.0943. The van der Waals surface area contributed by atoms with Crippen molar-refractivity contribution in [1.82, 2.24) is 5.32 Å². The molecule has 0 aromatic heterocycles. The van der Waals surface area contributed by atoms with E-state index in [2.05, 4.69) is 10.1 Å². The number of amides is 2. The van der Waals surface area contributed by atoms with Crippen LogP contribution in [0.1, 0.15) is 103 Å². The molecule has 1 saturated heterocycles. The number of esters is 1. The predicted octanol–water partition coefficient (Wildman–Crippen LogP) is 4.28. The molecule has 1 fully saturated rings. The third kappa shape index (κ3) is 15.1. The number of carbonyl (C=O) groups excluding carboxylic acids is 4. The van der Waals surface area contributed by atoms with Crippen molar-refractivity contribution in [3.8, 4) is 0 Å². The van der Waals surface area contributed by atoms with Crippen LogP contribution < -0.4 is 5.32 Å². The SMILES string of the molecule is COC(=O)CCCCCCCC(CCCCCCCC[C-]=O)C1CC(=O)NC1=O.[O]=[Mn]. The summed E-state index contributed by atoms with van der Waals surface area (Å²) in [6, 6.07) is 0. The summed E-state index contributed by atoms with van der Waals surface area (Å²) in [5.74, 6) is -0.266. The summed E-state index contributed by atoms with van der Waals surface area (Å²) in [6.07, 6.45) is 16.9. The van der Waals surface area contributed by atoms with E-state index in [-0.39, 0.29) is 29.6 Å². The van der Waals surface area contributed by atoms with Gasteiger partial charge in [0.05, 0.1) is 7.11 Å². The van der Waals surface area contributed by atoms with E-state index in [9.17, 15) is 19.2 Å². The number of nitrogens with one attached hydrogen (secondary N) is 1. The van der Waals surface area contributed by atoms with Gasteiger partial charge in [-0.3, -0.25) is 26.0 Å². The third-order valence-electron chi connectivity index (χ3n) is 5.86. The molecule has 0 radical (unpaired) electrons. The summed E-state index contributed by atoms with van der Waals surface area (Å²) in [7, 11) is 1.42. The molecule has 0 aliphatic carbocycles. The molecule has 8 heteroatoms. The molecule has 1 heterocycles. The topological polar surface area (TPSA) is 107 Å². The van der Waals surface area contributed by atoms with Crippen LogP contribution in [-0.2, 0) is 43.7 Å². The molecule has 0 saturated carbocycles. The molecular weight excluding hydrogens is 441 g/mol. The molecule has 2 unspecified atom stereocenters. The van der Waals surface area contributed by atoms with Crippen molar-refractivity contribution in [3.63, 3.8) is 0 Å². The van der Waals surface area contributed by atoms with Crippen LogP contribution >= 0.6 is 0 Å². The molecule has 0 aromatic carbocycles. The van der Waals surface area contributed by atoms with Crippen LogP contribution in [0.5, 0.6) is 0 Å². The maximum atomic E-state index is 12.1. The Kier molecular flexibility index (Phi) is 19.6. The fourth-order valence-corrected chi connectivity index (χ4v) is 4.12. The first-order chi connectivity index (χ1) is 15.1. The van der Waals surface area contributed by atoms with Gasteiger partial charge in [-0.15, -0.1) is 0 Å². The monoisotopic (exact) mass is 479 g/mol. The maximum absolute atomic E-state index is 12.1. The minimum atomic E-state index is -0.162. The van der Waals surface area contributed by atoms with Crippen molar-refractivity contribution in [3.05, 3.63) is 0 Å². The second-order valence-corrected chi connectivity index (χ2v) is 8.17. The fourth-order valence-electron chi connectivity index (χ4n) is 4.12. The standard InChI is InChI=1S/C23H38NO5.Mn.O/c1-29-22(27)16-12-8-5-7-11-15-19(20-18-21(26)24-23(20)28)14-10-6-3-2-4-9-13-17-25;;/h19-20H,2-16,18H2,1H3,(H,24,26,28);;/q-1;;. The number of carbonyl (C=O) groups is 3. The van der Waals surface area contributed by atoms with Gasteiger partial charge in [-0.25, -0.2) is 0 Å². The molecule has 1 aliphatic rings. The Labute approximate surface area is 194 Å². The zero-order valence-corrected chi connectivity index (χ0v) is 20.0. The van der Waals surface area contributed by atoms with E-state index in [0.717, 1.165) is 83.5 Å². The van der Waals surface area contributed by atoms with E-state index >= 15 is 0 Å². The van der Waals surface area contributed by atoms with Crippen LogP contribution in [-0.4, -0.2) is 31.2 Å². The number of hydrogen-bond acceptors (Lipinski definition) is 6.